The molecule has 8 heteroatoms. The number of hydrogen-bond acceptors (Lipinski definition) is 5. The standard InChI is InChI=1S/C10H8ClN3O4/c11-8-4-6(7(5-12-8)14(17)18)10(16)13-3-1-2-9(13)15/h4-5H,1-3H2. The van der Waals surface area contributed by atoms with E-state index in [9.17, 15) is 19.7 Å². The zero-order valence-corrected chi connectivity index (χ0v) is 9.88. The maximum atomic E-state index is 12.0. The average Bonchev–Trinajstić information content (AvgIpc) is 2.74. The number of nitro groups is 1. The number of likely N-dealkylation sites (tertiary alicyclic amines) is 1. The second-order valence-electron chi connectivity index (χ2n) is 3.74. The Bertz CT molecular complexity index is 546. The van der Waals surface area contributed by atoms with Crippen LogP contribution in [0.5, 0.6) is 0 Å². The lowest BCUT2D eigenvalue weighted by Crippen LogP contribution is -2.32. The van der Waals surface area contributed by atoms with E-state index in [4.69, 9.17) is 11.6 Å². The van der Waals surface area contributed by atoms with E-state index in [1.807, 2.05) is 0 Å². The molecular weight excluding hydrogens is 262 g/mol. The highest BCUT2D eigenvalue weighted by Crippen LogP contribution is 2.24. The van der Waals surface area contributed by atoms with Gasteiger partial charge in [0, 0.05) is 13.0 Å². The Balaban J connectivity index is 2.43. The molecule has 7 nitrogen and oxygen atoms in total. The summed E-state index contributed by atoms with van der Waals surface area (Å²) in [6.07, 6.45) is 1.76. The SMILES string of the molecule is O=C1CCCN1C(=O)c1cc(Cl)ncc1[N+](=O)[O-]. The van der Waals surface area contributed by atoms with Crippen molar-refractivity contribution < 1.29 is 14.5 Å². The normalized spacial score (nSPS) is 14.9. The monoisotopic (exact) mass is 269 g/mol. The van der Waals surface area contributed by atoms with Crippen molar-refractivity contribution in [3.63, 3.8) is 0 Å². The van der Waals surface area contributed by atoms with E-state index < -0.39 is 16.5 Å². The van der Waals surface area contributed by atoms with Crippen LogP contribution >= 0.6 is 11.6 Å². The van der Waals surface area contributed by atoms with Crippen molar-refractivity contribution in [1.82, 2.24) is 9.88 Å². The number of rotatable bonds is 2. The topological polar surface area (TPSA) is 93.4 Å². The van der Waals surface area contributed by atoms with Crippen LogP contribution in [0.1, 0.15) is 23.2 Å². The van der Waals surface area contributed by atoms with Crippen LogP contribution in [0.25, 0.3) is 0 Å². The molecule has 1 aliphatic rings. The van der Waals surface area contributed by atoms with E-state index in [2.05, 4.69) is 4.98 Å². The van der Waals surface area contributed by atoms with Gasteiger partial charge in [0.2, 0.25) is 5.91 Å². The quantitative estimate of drug-likeness (QED) is 0.350. The number of imide groups is 1. The van der Waals surface area contributed by atoms with Crippen molar-refractivity contribution in [3.05, 3.63) is 33.1 Å². The van der Waals surface area contributed by atoms with E-state index in [-0.39, 0.29) is 29.6 Å². The number of aromatic nitrogens is 1. The Labute approximate surface area is 107 Å². The molecule has 0 saturated carbocycles. The summed E-state index contributed by atoms with van der Waals surface area (Å²) in [6.45, 7) is 0.273. The molecule has 0 aromatic carbocycles. The third kappa shape index (κ3) is 2.17. The number of pyridine rings is 1. The Morgan fingerprint density at radius 2 is 2.28 bits per heavy atom. The fraction of sp³-hybridized carbons (Fsp3) is 0.300. The number of amides is 2. The molecule has 2 rings (SSSR count). The largest absolute Gasteiger partial charge is 0.300 e. The van der Waals surface area contributed by atoms with Crippen LogP contribution in [0, 0.1) is 10.1 Å². The van der Waals surface area contributed by atoms with Gasteiger partial charge in [0.05, 0.1) is 4.92 Å². The van der Waals surface area contributed by atoms with Gasteiger partial charge >= 0.3 is 0 Å². The Morgan fingerprint density at radius 3 is 2.83 bits per heavy atom. The van der Waals surface area contributed by atoms with Gasteiger partial charge in [-0.05, 0) is 12.5 Å². The van der Waals surface area contributed by atoms with E-state index in [0.717, 1.165) is 17.2 Å². The summed E-state index contributed by atoms with van der Waals surface area (Å²) in [7, 11) is 0. The molecule has 1 aliphatic heterocycles. The first-order valence-corrected chi connectivity index (χ1v) is 5.53. The van der Waals surface area contributed by atoms with Crippen molar-refractivity contribution in [3.8, 4) is 0 Å². The van der Waals surface area contributed by atoms with E-state index in [0.29, 0.717) is 6.42 Å². The van der Waals surface area contributed by atoms with Crippen molar-refractivity contribution in [2.45, 2.75) is 12.8 Å². The molecule has 0 aliphatic carbocycles. The van der Waals surface area contributed by atoms with E-state index in [1.165, 1.54) is 0 Å². The summed E-state index contributed by atoms with van der Waals surface area (Å²) in [4.78, 5) is 38.1. The van der Waals surface area contributed by atoms with E-state index >= 15 is 0 Å². The lowest BCUT2D eigenvalue weighted by molar-refractivity contribution is -0.385. The van der Waals surface area contributed by atoms with Crippen molar-refractivity contribution >= 4 is 29.1 Å². The van der Waals surface area contributed by atoms with Gasteiger partial charge in [0.25, 0.3) is 11.6 Å². The molecule has 1 aromatic heterocycles. The second kappa shape index (κ2) is 4.69. The molecule has 0 N–H and O–H groups in total. The Hall–Kier alpha value is -2.02. The number of carbonyl (C=O) groups excluding carboxylic acids is 2. The number of hydrogen-bond donors (Lipinski definition) is 0. The first-order valence-electron chi connectivity index (χ1n) is 5.15. The summed E-state index contributed by atoms with van der Waals surface area (Å²) in [5, 5.41) is 10.8. The third-order valence-electron chi connectivity index (χ3n) is 2.60. The molecule has 1 aromatic rings. The minimum absolute atomic E-state index is 0.0319. The molecule has 94 valence electrons. The molecule has 2 amide bonds. The summed E-state index contributed by atoms with van der Waals surface area (Å²) in [6, 6.07) is 1.10. The Kier molecular flexibility index (Phi) is 3.24. The third-order valence-corrected chi connectivity index (χ3v) is 2.80. The van der Waals surface area contributed by atoms with Crippen LogP contribution in [0.4, 0.5) is 5.69 Å². The second-order valence-corrected chi connectivity index (χ2v) is 4.12. The van der Waals surface area contributed by atoms with Gasteiger partial charge in [-0.3, -0.25) is 24.6 Å². The summed E-state index contributed by atoms with van der Waals surface area (Å²) in [5.74, 6) is -1.03. The highest BCUT2D eigenvalue weighted by molar-refractivity contribution is 6.30. The van der Waals surface area contributed by atoms with Crippen LogP contribution in [0.3, 0.4) is 0 Å². The van der Waals surface area contributed by atoms with Crippen LogP contribution in [-0.2, 0) is 4.79 Å². The molecular formula is C10H8ClN3O4. The fourth-order valence-corrected chi connectivity index (χ4v) is 1.91. The molecule has 0 atom stereocenters. The number of halogens is 1. The number of carbonyl (C=O) groups is 2. The zero-order chi connectivity index (χ0) is 13.3. The average molecular weight is 270 g/mol. The molecule has 1 fully saturated rings. The van der Waals surface area contributed by atoms with Crippen LogP contribution in [0.2, 0.25) is 5.15 Å². The molecule has 0 bridgehead atoms. The van der Waals surface area contributed by atoms with Gasteiger partial charge in [-0.25, -0.2) is 4.98 Å². The molecule has 18 heavy (non-hydrogen) atoms. The fourth-order valence-electron chi connectivity index (χ4n) is 1.75. The predicted octanol–water partition coefficient (Wildman–Crippen LogP) is 1.41. The molecule has 0 spiro atoms. The minimum atomic E-state index is -0.725. The summed E-state index contributed by atoms with van der Waals surface area (Å²) < 4.78 is 0. The van der Waals surface area contributed by atoms with Gasteiger partial charge < -0.3 is 0 Å². The first kappa shape index (κ1) is 12.4. The van der Waals surface area contributed by atoms with Crippen LogP contribution in [-0.4, -0.2) is 33.2 Å². The number of nitrogens with zero attached hydrogens (tertiary/aromatic N) is 3. The smallest absolute Gasteiger partial charge is 0.278 e. The molecule has 0 unspecified atom stereocenters. The summed E-state index contributed by atoms with van der Waals surface area (Å²) in [5.41, 5.74) is -0.667. The highest BCUT2D eigenvalue weighted by Gasteiger charge is 2.32. The van der Waals surface area contributed by atoms with Crippen LogP contribution in [0.15, 0.2) is 12.3 Å². The highest BCUT2D eigenvalue weighted by atomic mass is 35.5. The minimum Gasteiger partial charge on any atom is -0.278 e. The lowest BCUT2D eigenvalue weighted by Gasteiger charge is -2.13. The van der Waals surface area contributed by atoms with Gasteiger partial charge in [0.1, 0.15) is 16.9 Å². The van der Waals surface area contributed by atoms with Gasteiger partial charge in [-0.2, -0.15) is 0 Å². The Morgan fingerprint density at radius 1 is 1.56 bits per heavy atom. The predicted molar refractivity (Wildman–Crippen MR) is 61.2 cm³/mol. The van der Waals surface area contributed by atoms with Gasteiger partial charge in [-0.1, -0.05) is 11.6 Å². The van der Waals surface area contributed by atoms with Crippen molar-refractivity contribution in [2.24, 2.45) is 0 Å². The maximum Gasteiger partial charge on any atom is 0.300 e. The molecule has 2 heterocycles. The molecule has 1 saturated heterocycles. The summed E-state index contributed by atoms with van der Waals surface area (Å²) >= 11 is 5.62. The van der Waals surface area contributed by atoms with E-state index in [1.54, 1.807) is 0 Å². The maximum absolute atomic E-state index is 12.0. The first-order chi connectivity index (χ1) is 8.50. The van der Waals surface area contributed by atoms with Crippen molar-refractivity contribution in [1.29, 1.82) is 0 Å². The molecule has 0 radical (unpaired) electrons. The van der Waals surface area contributed by atoms with Crippen molar-refractivity contribution in [2.75, 3.05) is 6.54 Å². The van der Waals surface area contributed by atoms with Crippen LogP contribution < -0.4 is 0 Å². The lowest BCUT2D eigenvalue weighted by atomic mass is 10.2. The zero-order valence-electron chi connectivity index (χ0n) is 9.13. The van der Waals surface area contributed by atoms with Gasteiger partial charge in [-0.15, -0.1) is 0 Å². The van der Waals surface area contributed by atoms with Gasteiger partial charge in [0.15, 0.2) is 0 Å².